The van der Waals surface area contributed by atoms with Crippen molar-refractivity contribution in [2.45, 2.75) is 45.6 Å². The molecule has 18 heavy (non-hydrogen) atoms. The van der Waals surface area contributed by atoms with E-state index in [1.807, 2.05) is 6.92 Å². The highest BCUT2D eigenvalue weighted by Crippen LogP contribution is 2.28. The van der Waals surface area contributed by atoms with Crippen LogP contribution in [0.4, 0.5) is 0 Å². The van der Waals surface area contributed by atoms with Gasteiger partial charge in [-0.15, -0.1) is 24.0 Å². The summed E-state index contributed by atoms with van der Waals surface area (Å²) in [4.78, 5) is 4.42. The number of hydrogen-bond acceptors (Lipinski definition) is 2. The van der Waals surface area contributed by atoms with Crippen molar-refractivity contribution in [1.29, 1.82) is 0 Å². The molecule has 0 saturated heterocycles. The van der Waals surface area contributed by atoms with Gasteiger partial charge in [0.1, 0.15) is 0 Å². The zero-order valence-electron chi connectivity index (χ0n) is 11.8. The van der Waals surface area contributed by atoms with Crippen molar-refractivity contribution in [2.75, 3.05) is 20.3 Å². The van der Waals surface area contributed by atoms with Crippen molar-refractivity contribution >= 4 is 29.9 Å². The maximum atomic E-state index is 5.83. The van der Waals surface area contributed by atoms with Gasteiger partial charge < -0.3 is 15.8 Å². The highest BCUT2D eigenvalue weighted by molar-refractivity contribution is 14.0. The number of ether oxygens (including phenoxy) is 1. The van der Waals surface area contributed by atoms with E-state index in [1.54, 1.807) is 7.11 Å². The minimum atomic E-state index is 0. The van der Waals surface area contributed by atoms with Gasteiger partial charge in [-0.2, -0.15) is 0 Å². The summed E-state index contributed by atoms with van der Waals surface area (Å²) in [6, 6.07) is 0.218. The Morgan fingerprint density at radius 1 is 1.39 bits per heavy atom. The zero-order valence-corrected chi connectivity index (χ0v) is 14.1. The standard InChI is InChI=1S/C13H27N3O.HI/c1-10-4-6-12(7-5-10)8-15-13(14)16-11(2)9-17-3;/h10-12H,4-9H2,1-3H3,(H3,14,15,16);1H. The Kier molecular flexibility index (Phi) is 9.81. The van der Waals surface area contributed by atoms with Crippen molar-refractivity contribution in [2.24, 2.45) is 22.6 Å². The molecular formula is C13H28IN3O. The third-order valence-electron chi connectivity index (χ3n) is 3.47. The van der Waals surface area contributed by atoms with Crippen LogP contribution in [0.1, 0.15) is 39.5 Å². The van der Waals surface area contributed by atoms with E-state index < -0.39 is 0 Å². The van der Waals surface area contributed by atoms with Crippen LogP contribution in [0.2, 0.25) is 0 Å². The van der Waals surface area contributed by atoms with E-state index in [-0.39, 0.29) is 30.0 Å². The third kappa shape index (κ3) is 7.41. The molecule has 1 rings (SSSR count). The van der Waals surface area contributed by atoms with Crippen LogP contribution in [0.3, 0.4) is 0 Å². The summed E-state index contributed by atoms with van der Waals surface area (Å²) in [5.41, 5.74) is 5.83. The Morgan fingerprint density at radius 2 is 2.00 bits per heavy atom. The highest BCUT2D eigenvalue weighted by Gasteiger charge is 2.17. The van der Waals surface area contributed by atoms with Gasteiger partial charge in [0.05, 0.1) is 6.61 Å². The first-order valence-corrected chi connectivity index (χ1v) is 6.67. The predicted octanol–water partition coefficient (Wildman–Crippen LogP) is 2.37. The Labute approximate surface area is 128 Å². The number of hydrogen-bond donors (Lipinski definition) is 2. The monoisotopic (exact) mass is 369 g/mol. The quantitative estimate of drug-likeness (QED) is 0.444. The van der Waals surface area contributed by atoms with Crippen LogP contribution in [0.15, 0.2) is 4.99 Å². The molecule has 1 fully saturated rings. The van der Waals surface area contributed by atoms with Gasteiger partial charge >= 0.3 is 0 Å². The molecule has 0 spiro atoms. The minimum Gasteiger partial charge on any atom is -0.383 e. The fraction of sp³-hybridized carbons (Fsp3) is 0.923. The molecule has 3 N–H and O–H groups in total. The van der Waals surface area contributed by atoms with Gasteiger partial charge in [0.15, 0.2) is 5.96 Å². The second-order valence-corrected chi connectivity index (χ2v) is 5.35. The molecule has 1 unspecified atom stereocenters. The smallest absolute Gasteiger partial charge is 0.188 e. The number of guanidine groups is 1. The molecule has 108 valence electrons. The number of nitrogens with zero attached hydrogens (tertiary/aromatic N) is 1. The number of aliphatic imine (C=N–C) groups is 1. The molecule has 0 aromatic heterocycles. The lowest BCUT2D eigenvalue weighted by Crippen LogP contribution is -2.41. The second-order valence-electron chi connectivity index (χ2n) is 5.35. The Balaban J connectivity index is 0.00000289. The Bertz CT molecular complexity index is 240. The van der Waals surface area contributed by atoms with Gasteiger partial charge in [0, 0.05) is 19.7 Å². The molecule has 0 aromatic rings. The normalized spacial score (nSPS) is 26.3. The van der Waals surface area contributed by atoms with E-state index in [1.165, 1.54) is 25.7 Å². The molecule has 4 nitrogen and oxygen atoms in total. The van der Waals surface area contributed by atoms with E-state index in [9.17, 15) is 0 Å². The largest absolute Gasteiger partial charge is 0.383 e. The van der Waals surface area contributed by atoms with Gasteiger partial charge in [-0.1, -0.05) is 19.8 Å². The molecule has 5 heteroatoms. The first kappa shape index (κ1) is 18.0. The van der Waals surface area contributed by atoms with Crippen molar-refractivity contribution in [3.05, 3.63) is 0 Å². The van der Waals surface area contributed by atoms with Crippen LogP contribution in [0.5, 0.6) is 0 Å². The number of nitrogens with one attached hydrogen (secondary N) is 1. The van der Waals surface area contributed by atoms with Crippen molar-refractivity contribution in [3.8, 4) is 0 Å². The van der Waals surface area contributed by atoms with Gasteiger partial charge in [-0.25, -0.2) is 0 Å². The predicted molar refractivity (Wildman–Crippen MR) is 87.5 cm³/mol. The molecule has 0 aliphatic heterocycles. The summed E-state index contributed by atoms with van der Waals surface area (Å²) < 4.78 is 5.04. The van der Waals surface area contributed by atoms with Crippen molar-refractivity contribution in [3.63, 3.8) is 0 Å². The summed E-state index contributed by atoms with van der Waals surface area (Å²) in [7, 11) is 1.69. The Hall–Kier alpha value is -0.0400. The summed E-state index contributed by atoms with van der Waals surface area (Å²) in [5.74, 6) is 2.17. The maximum absolute atomic E-state index is 5.83. The molecule has 1 saturated carbocycles. The summed E-state index contributed by atoms with van der Waals surface area (Å²) in [6.07, 6.45) is 5.28. The molecule has 1 atom stereocenters. The van der Waals surface area contributed by atoms with Crippen LogP contribution in [-0.2, 0) is 4.74 Å². The van der Waals surface area contributed by atoms with E-state index in [4.69, 9.17) is 10.5 Å². The molecule has 1 aliphatic carbocycles. The number of nitrogens with two attached hydrogens (primary N) is 1. The first-order valence-electron chi connectivity index (χ1n) is 6.67. The summed E-state index contributed by atoms with van der Waals surface area (Å²) >= 11 is 0. The summed E-state index contributed by atoms with van der Waals surface area (Å²) in [5, 5.41) is 3.13. The van der Waals surface area contributed by atoms with E-state index in [0.29, 0.717) is 12.6 Å². The van der Waals surface area contributed by atoms with Crippen LogP contribution in [0.25, 0.3) is 0 Å². The minimum absolute atomic E-state index is 0. The lowest BCUT2D eigenvalue weighted by Gasteiger charge is -2.25. The number of rotatable bonds is 5. The zero-order chi connectivity index (χ0) is 12.7. The van der Waals surface area contributed by atoms with Gasteiger partial charge in [0.2, 0.25) is 0 Å². The van der Waals surface area contributed by atoms with Crippen molar-refractivity contribution < 1.29 is 4.74 Å². The van der Waals surface area contributed by atoms with Gasteiger partial charge in [-0.3, -0.25) is 4.99 Å². The second kappa shape index (κ2) is 9.83. The molecule has 1 aliphatic rings. The number of methoxy groups -OCH3 is 1. The Morgan fingerprint density at radius 3 is 2.56 bits per heavy atom. The third-order valence-corrected chi connectivity index (χ3v) is 3.47. The first-order chi connectivity index (χ1) is 8.11. The average Bonchev–Trinajstić information content (AvgIpc) is 2.28. The van der Waals surface area contributed by atoms with E-state index >= 15 is 0 Å². The molecule has 0 radical (unpaired) electrons. The molecular weight excluding hydrogens is 341 g/mol. The van der Waals surface area contributed by atoms with Crippen LogP contribution >= 0.6 is 24.0 Å². The topological polar surface area (TPSA) is 59.6 Å². The van der Waals surface area contributed by atoms with E-state index in [0.717, 1.165) is 18.4 Å². The highest BCUT2D eigenvalue weighted by atomic mass is 127. The summed E-state index contributed by atoms with van der Waals surface area (Å²) in [6.45, 7) is 5.89. The van der Waals surface area contributed by atoms with Gasteiger partial charge in [0.25, 0.3) is 0 Å². The van der Waals surface area contributed by atoms with Crippen LogP contribution < -0.4 is 11.1 Å². The van der Waals surface area contributed by atoms with Crippen molar-refractivity contribution in [1.82, 2.24) is 5.32 Å². The molecule has 0 amide bonds. The number of halogens is 1. The fourth-order valence-corrected chi connectivity index (χ4v) is 2.33. The van der Waals surface area contributed by atoms with Gasteiger partial charge in [-0.05, 0) is 31.6 Å². The molecule has 0 bridgehead atoms. The SMILES string of the molecule is COCC(C)NC(N)=NCC1CCC(C)CC1.I. The van der Waals surface area contributed by atoms with E-state index in [2.05, 4.69) is 17.2 Å². The molecule has 0 aromatic carbocycles. The fourth-order valence-electron chi connectivity index (χ4n) is 2.33. The average molecular weight is 369 g/mol. The van der Waals surface area contributed by atoms with Crippen LogP contribution in [-0.4, -0.2) is 32.3 Å². The molecule has 0 heterocycles. The lowest BCUT2D eigenvalue weighted by molar-refractivity contribution is 0.179. The lowest BCUT2D eigenvalue weighted by atomic mass is 9.83. The maximum Gasteiger partial charge on any atom is 0.188 e. The van der Waals surface area contributed by atoms with Crippen LogP contribution in [0, 0.1) is 11.8 Å².